The minimum atomic E-state index is -1.04. The number of halogens is 1. The molecule has 2 rings (SSSR count). The molecular weight excluding hydrogens is 242 g/mol. The van der Waals surface area contributed by atoms with E-state index >= 15 is 0 Å². The quantitative estimate of drug-likeness (QED) is 0.453. The fourth-order valence-corrected chi connectivity index (χ4v) is 3.58. The average Bonchev–Trinajstić information content (AvgIpc) is 2.88. The maximum absolute atomic E-state index is 12.2. The molecule has 1 aromatic carbocycles. The third-order valence-electron chi connectivity index (χ3n) is 2.54. The smallest absolute Gasteiger partial charge is 0.118 e. The van der Waals surface area contributed by atoms with Gasteiger partial charge < -0.3 is 0 Å². The Bertz CT molecular complexity index is 401. The zero-order chi connectivity index (χ0) is 11.9. The Balaban J connectivity index is 2.16. The second-order valence-electron chi connectivity index (χ2n) is 4.95. The van der Waals surface area contributed by atoms with Crippen molar-refractivity contribution in [1.29, 1.82) is 0 Å². The van der Waals surface area contributed by atoms with E-state index in [4.69, 9.17) is 11.6 Å². The van der Waals surface area contributed by atoms with Crippen LogP contribution in [0.1, 0.15) is 32.4 Å². The van der Waals surface area contributed by atoms with Gasteiger partial charge in [0, 0.05) is 0 Å². The van der Waals surface area contributed by atoms with E-state index in [1.54, 1.807) is 0 Å². The van der Waals surface area contributed by atoms with Gasteiger partial charge in [-0.1, -0.05) is 30.3 Å². The van der Waals surface area contributed by atoms with Crippen molar-refractivity contribution in [2.75, 3.05) is 0 Å². The van der Waals surface area contributed by atoms with E-state index in [1.165, 1.54) is 0 Å². The van der Waals surface area contributed by atoms with Gasteiger partial charge in [0.1, 0.15) is 16.5 Å². The Morgan fingerprint density at radius 1 is 1.25 bits per heavy atom. The van der Waals surface area contributed by atoms with E-state index in [0.29, 0.717) is 0 Å². The van der Waals surface area contributed by atoms with Crippen LogP contribution in [-0.2, 0) is 11.0 Å². The largest absolute Gasteiger partial charge is 0.242 e. The van der Waals surface area contributed by atoms with E-state index in [2.05, 4.69) is 0 Å². The van der Waals surface area contributed by atoms with Gasteiger partial charge in [0.05, 0.1) is 10.8 Å². The van der Waals surface area contributed by atoms with Crippen LogP contribution in [0.3, 0.4) is 0 Å². The molecule has 2 nitrogen and oxygen atoms in total. The highest BCUT2D eigenvalue weighted by Crippen LogP contribution is 2.48. The van der Waals surface area contributed by atoms with Crippen molar-refractivity contribution in [2.45, 2.75) is 37.1 Å². The molecule has 4 heteroatoms. The summed E-state index contributed by atoms with van der Waals surface area (Å²) in [5.41, 5.74) is 1.00. The third-order valence-corrected chi connectivity index (χ3v) is 4.99. The third kappa shape index (κ3) is 2.17. The monoisotopic (exact) mass is 257 g/mol. The molecular formula is C12H16ClNOS. The number of hydrogen-bond acceptors (Lipinski definition) is 1. The first kappa shape index (κ1) is 12.1. The molecule has 4 atom stereocenters. The summed E-state index contributed by atoms with van der Waals surface area (Å²) in [4.78, 5) is 0. The fourth-order valence-electron chi connectivity index (χ4n) is 1.65. The molecule has 0 spiro atoms. The van der Waals surface area contributed by atoms with Crippen molar-refractivity contribution in [2.24, 2.45) is 0 Å². The van der Waals surface area contributed by atoms with Crippen LogP contribution in [0.15, 0.2) is 30.3 Å². The lowest BCUT2D eigenvalue weighted by Gasteiger charge is -2.18. The van der Waals surface area contributed by atoms with Crippen molar-refractivity contribution in [1.82, 2.24) is 4.31 Å². The lowest BCUT2D eigenvalue weighted by Crippen LogP contribution is -2.27. The molecule has 1 fully saturated rings. The summed E-state index contributed by atoms with van der Waals surface area (Å²) >= 11 is 6.19. The van der Waals surface area contributed by atoms with E-state index in [-0.39, 0.29) is 16.3 Å². The molecule has 1 saturated heterocycles. The second kappa shape index (κ2) is 4.13. The molecule has 0 N–H and O–H groups in total. The zero-order valence-electron chi connectivity index (χ0n) is 9.68. The molecule has 1 aromatic rings. The Morgan fingerprint density at radius 2 is 1.81 bits per heavy atom. The first-order valence-corrected chi connectivity index (χ1v) is 6.86. The Kier molecular flexibility index (Phi) is 3.12. The number of rotatable bonds is 2. The van der Waals surface area contributed by atoms with Crippen LogP contribution >= 0.6 is 11.6 Å². The normalized spacial score (nSPS) is 31.1. The van der Waals surface area contributed by atoms with Gasteiger partial charge >= 0.3 is 0 Å². The highest BCUT2D eigenvalue weighted by Gasteiger charge is 2.53. The maximum atomic E-state index is 12.2. The molecule has 0 bridgehead atoms. The predicted octanol–water partition coefficient (Wildman–Crippen LogP) is 3.07. The minimum Gasteiger partial charge on any atom is -0.242 e. The van der Waals surface area contributed by atoms with Crippen LogP contribution in [0.2, 0.25) is 0 Å². The van der Waals surface area contributed by atoms with E-state index in [9.17, 15) is 4.21 Å². The average molecular weight is 258 g/mol. The molecule has 0 amide bonds. The molecule has 0 saturated carbocycles. The van der Waals surface area contributed by atoms with Crippen LogP contribution in [0.25, 0.3) is 0 Å². The molecule has 0 aromatic heterocycles. The van der Waals surface area contributed by atoms with Crippen LogP contribution in [0.4, 0.5) is 0 Å². The lowest BCUT2D eigenvalue weighted by atomic mass is 10.2. The van der Waals surface area contributed by atoms with Crippen molar-refractivity contribution in [3.05, 3.63) is 35.9 Å². The predicted molar refractivity (Wildman–Crippen MR) is 68.6 cm³/mol. The molecule has 16 heavy (non-hydrogen) atoms. The van der Waals surface area contributed by atoms with Crippen LogP contribution in [0, 0.1) is 0 Å². The summed E-state index contributed by atoms with van der Waals surface area (Å²) in [6.07, 6.45) is 0. The zero-order valence-corrected chi connectivity index (χ0v) is 11.3. The molecule has 1 aliphatic rings. The SMILES string of the molecule is CC(C)(C)[S@](=O)N1[C@H](Cl)[C@@H]1c1ccccc1. The van der Waals surface area contributed by atoms with Crippen LogP contribution in [-0.4, -0.2) is 18.8 Å². The molecule has 1 heterocycles. The number of hydrogen-bond donors (Lipinski definition) is 0. The number of nitrogens with zero attached hydrogens (tertiary/aromatic N) is 1. The minimum absolute atomic E-state index is 0.0999. The highest BCUT2D eigenvalue weighted by atomic mass is 35.5. The van der Waals surface area contributed by atoms with Crippen molar-refractivity contribution >= 4 is 22.6 Å². The summed E-state index contributed by atoms with van der Waals surface area (Å²) in [6.45, 7) is 5.90. The van der Waals surface area contributed by atoms with Crippen LogP contribution < -0.4 is 0 Å². The standard InChI is InChI=1S/C12H16ClNOS/c1-12(2,3)16(15)14-10(11(14)13)9-7-5-4-6-8-9/h4-8,10-11H,1-3H3/t10-,11-,14?,16-/m0/s1. The van der Waals surface area contributed by atoms with Crippen molar-refractivity contribution in [3.8, 4) is 0 Å². The van der Waals surface area contributed by atoms with Gasteiger partial charge in [-0.15, -0.1) is 11.6 Å². The molecule has 1 aliphatic heterocycles. The summed E-state index contributed by atoms with van der Waals surface area (Å²) < 4.78 is 13.8. The summed E-state index contributed by atoms with van der Waals surface area (Å²) in [5.74, 6) is 0. The van der Waals surface area contributed by atoms with Crippen molar-refractivity contribution < 1.29 is 4.21 Å². The van der Waals surface area contributed by atoms with Gasteiger partial charge in [-0.25, -0.2) is 4.21 Å². The van der Waals surface area contributed by atoms with Gasteiger partial charge in [0.25, 0.3) is 0 Å². The summed E-state index contributed by atoms with van der Waals surface area (Å²) in [6, 6.07) is 10.1. The molecule has 0 radical (unpaired) electrons. The lowest BCUT2D eigenvalue weighted by molar-refractivity contribution is 0.605. The van der Waals surface area contributed by atoms with E-state index < -0.39 is 11.0 Å². The Labute approximate surface area is 104 Å². The fraction of sp³-hybridized carbons (Fsp3) is 0.500. The Morgan fingerprint density at radius 3 is 2.31 bits per heavy atom. The number of alkyl halides is 1. The topological polar surface area (TPSA) is 20.1 Å². The first-order valence-electron chi connectivity index (χ1n) is 5.32. The van der Waals surface area contributed by atoms with Gasteiger partial charge in [-0.2, -0.15) is 4.31 Å². The molecule has 1 unspecified atom stereocenters. The summed E-state index contributed by atoms with van der Waals surface area (Å²) in [7, 11) is -1.04. The highest BCUT2D eigenvalue weighted by molar-refractivity contribution is 7.84. The second-order valence-corrected chi connectivity index (χ2v) is 7.54. The van der Waals surface area contributed by atoms with Gasteiger partial charge in [0.2, 0.25) is 0 Å². The van der Waals surface area contributed by atoms with Crippen molar-refractivity contribution in [3.63, 3.8) is 0 Å². The van der Waals surface area contributed by atoms with E-state index in [0.717, 1.165) is 5.56 Å². The van der Waals surface area contributed by atoms with Gasteiger partial charge in [0.15, 0.2) is 0 Å². The molecule has 0 aliphatic carbocycles. The van der Waals surface area contributed by atoms with Gasteiger partial charge in [-0.05, 0) is 26.3 Å². The van der Waals surface area contributed by atoms with Gasteiger partial charge in [-0.3, -0.25) is 0 Å². The Hall–Kier alpha value is -0.380. The van der Waals surface area contributed by atoms with Crippen LogP contribution in [0.5, 0.6) is 0 Å². The maximum Gasteiger partial charge on any atom is 0.118 e. The first-order chi connectivity index (χ1) is 7.43. The molecule has 88 valence electrons. The van der Waals surface area contributed by atoms with E-state index in [1.807, 2.05) is 55.4 Å². The number of benzene rings is 1. The summed E-state index contributed by atoms with van der Waals surface area (Å²) in [5, 5.41) is 0.